The largest absolute Gasteiger partial charge is 0.493 e. The Morgan fingerprint density at radius 1 is 1.03 bits per heavy atom. The summed E-state index contributed by atoms with van der Waals surface area (Å²) in [4.78, 5) is 27.0. The van der Waals surface area contributed by atoms with Crippen molar-refractivity contribution in [3.05, 3.63) is 74.8 Å². The molecule has 0 amide bonds. The number of aromatic amines is 1. The molecular weight excluding hydrogens is 413 g/mol. The van der Waals surface area contributed by atoms with E-state index >= 15 is 0 Å². The van der Waals surface area contributed by atoms with Gasteiger partial charge in [0.1, 0.15) is 17.1 Å². The van der Waals surface area contributed by atoms with Crippen LogP contribution in [0.3, 0.4) is 0 Å². The molecule has 0 aliphatic carbocycles. The van der Waals surface area contributed by atoms with Crippen molar-refractivity contribution < 1.29 is 23.8 Å². The third-order valence-electron chi connectivity index (χ3n) is 5.21. The summed E-state index contributed by atoms with van der Waals surface area (Å²) in [5.74, 6) is -0.790. The topological polar surface area (TPSA) is 88.6 Å². The number of H-pyrrole nitrogens is 1. The van der Waals surface area contributed by atoms with Gasteiger partial charge in [-0.1, -0.05) is 26.8 Å². The molecule has 0 saturated heterocycles. The zero-order valence-electron chi connectivity index (χ0n) is 18.9. The van der Waals surface area contributed by atoms with Gasteiger partial charge in [-0.05, 0) is 48.6 Å². The first-order valence-corrected chi connectivity index (χ1v) is 10.1. The molecule has 0 saturated carbocycles. The molecule has 0 fully saturated rings. The van der Waals surface area contributed by atoms with Crippen LogP contribution < -0.4 is 14.9 Å². The first-order chi connectivity index (χ1) is 14.9. The molecule has 3 aromatic rings. The molecule has 0 unspecified atom stereocenters. The molecule has 0 aliphatic heterocycles. The van der Waals surface area contributed by atoms with E-state index < -0.39 is 17.2 Å². The molecule has 0 aliphatic rings. The first-order valence-electron chi connectivity index (χ1n) is 10.1. The van der Waals surface area contributed by atoms with Gasteiger partial charge in [-0.3, -0.25) is 4.79 Å². The van der Waals surface area contributed by atoms with Crippen molar-refractivity contribution >= 4 is 5.97 Å². The number of hydrogen-bond donors (Lipinski definition) is 2. The number of carboxylic acids is 1. The van der Waals surface area contributed by atoms with Crippen molar-refractivity contribution in [2.75, 3.05) is 7.11 Å². The molecule has 2 aromatic carbocycles. The van der Waals surface area contributed by atoms with Crippen LogP contribution >= 0.6 is 0 Å². The van der Waals surface area contributed by atoms with Gasteiger partial charge in [0.25, 0.3) is 0 Å². The molecule has 7 heteroatoms. The third-order valence-corrected chi connectivity index (χ3v) is 5.21. The minimum atomic E-state index is -1.29. The van der Waals surface area contributed by atoms with E-state index in [0.29, 0.717) is 22.8 Å². The minimum absolute atomic E-state index is 0.190. The average molecular weight is 439 g/mol. The lowest BCUT2D eigenvalue weighted by Crippen LogP contribution is -2.18. The maximum atomic E-state index is 13.7. The van der Waals surface area contributed by atoms with E-state index in [1.807, 2.05) is 19.1 Å². The van der Waals surface area contributed by atoms with Gasteiger partial charge < -0.3 is 19.6 Å². The van der Waals surface area contributed by atoms with Crippen molar-refractivity contribution in [2.45, 2.75) is 40.0 Å². The summed E-state index contributed by atoms with van der Waals surface area (Å²) >= 11 is 0. The number of aryl methyl sites for hydroxylation is 2. The Labute approximate surface area is 185 Å². The van der Waals surface area contributed by atoms with E-state index in [9.17, 15) is 19.1 Å². The lowest BCUT2D eigenvalue weighted by molar-refractivity contribution is 0.0694. The van der Waals surface area contributed by atoms with Gasteiger partial charge in [0.2, 0.25) is 0 Å². The highest BCUT2D eigenvalue weighted by Crippen LogP contribution is 2.41. The highest BCUT2D eigenvalue weighted by molar-refractivity contribution is 5.89. The van der Waals surface area contributed by atoms with Crippen LogP contribution in [0.5, 0.6) is 17.2 Å². The van der Waals surface area contributed by atoms with Crippen molar-refractivity contribution in [3.8, 4) is 28.5 Å². The predicted molar refractivity (Wildman–Crippen MR) is 121 cm³/mol. The van der Waals surface area contributed by atoms with Gasteiger partial charge >= 0.3 is 5.97 Å². The molecule has 32 heavy (non-hydrogen) atoms. The highest BCUT2D eigenvalue weighted by Gasteiger charge is 2.22. The van der Waals surface area contributed by atoms with Crippen LogP contribution in [0.25, 0.3) is 11.3 Å². The monoisotopic (exact) mass is 439 g/mol. The standard InChI is InChI=1S/C25H26FNO5/c1-13-9-15(25(3,4)5)10-21(32-19-8-7-16(26)11-20(19)31-6)22(13)17-12-18(28)23(24(29)30)14(2)27-17/h7-12H,1-6H3,(H,27,28)(H,29,30). The number of aromatic nitrogens is 1. The first kappa shape index (κ1) is 23.1. The summed E-state index contributed by atoms with van der Waals surface area (Å²) in [5, 5.41) is 9.33. The summed E-state index contributed by atoms with van der Waals surface area (Å²) in [7, 11) is 1.42. The average Bonchev–Trinajstić information content (AvgIpc) is 2.67. The fraction of sp³-hybridized carbons (Fsp3) is 0.280. The van der Waals surface area contributed by atoms with E-state index in [4.69, 9.17) is 9.47 Å². The second-order valence-electron chi connectivity index (χ2n) is 8.67. The Morgan fingerprint density at radius 3 is 2.28 bits per heavy atom. The summed E-state index contributed by atoms with van der Waals surface area (Å²) in [6, 6.07) is 9.09. The second-order valence-corrected chi connectivity index (χ2v) is 8.67. The van der Waals surface area contributed by atoms with Crippen molar-refractivity contribution in [2.24, 2.45) is 0 Å². The van der Waals surface area contributed by atoms with E-state index in [1.165, 1.54) is 38.3 Å². The van der Waals surface area contributed by atoms with Crippen molar-refractivity contribution in [3.63, 3.8) is 0 Å². The predicted octanol–water partition coefficient (Wildman–Crippen LogP) is 5.59. The number of pyridine rings is 1. The minimum Gasteiger partial charge on any atom is -0.493 e. The normalized spacial score (nSPS) is 11.3. The Bertz CT molecular complexity index is 1250. The molecule has 1 heterocycles. The molecule has 6 nitrogen and oxygen atoms in total. The lowest BCUT2D eigenvalue weighted by atomic mass is 9.84. The Balaban J connectivity index is 2.28. The fourth-order valence-electron chi connectivity index (χ4n) is 3.55. The summed E-state index contributed by atoms with van der Waals surface area (Å²) in [6.45, 7) is 9.63. The van der Waals surface area contributed by atoms with E-state index in [-0.39, 0.29) is 22.4 Å². The number of benzene rings is 2. The molecule has 0 spiro atoms. The van der Waals surface area contributed by atoms with Crippen LogP contribution in [0.2, 0.25) is 0 Å². The van der Waals surface area contributed by atoms with Crippen molar-refractivity contribution in [1.29, 1.82) is 0 Å². The molecular formula is C25H26FNO5. The molecule has 3 rings (SSSR count). The van der Waals surface area contributed by atoms with Crippen LogP contribution in [0, 0.1) is 19.7 Å². The number of halogens is 1. The SMILES string of the molecule is COc1cc(F)ccc1Oc1cc(C(C)(C)C)cc(C)c1-c1cc(=O)c(C(=O)O)c(C)[nH]1. The molecule has 1 aromatic heterocycles. The van der Waals surface area contributed by atoms with Crippen LogP contribution in [-0.2, 0) is 5.41 Å². The number of carbonyl (C=O) groups is 1. The van der Waals surface area contributed by atoms with E-state index in [1.54, 1.807) is 0 Å². The summed E-state index contributed by atoms with van der Waals surface area (Å²) < 4.78 is 25.1. The molecule has 2 N–H and O–H groups in total. The Morgan fingerprint density at radius 2 is 1.72 bits per heavy atom. The van der Waals surface area contributed by atoms with Gasteiger partial charge in [-0.2, -0.15) is 0 Å². The fourth-order valence-corrected chi connectivity index (χ4v) is 3.55. The van der Waals surface area contributed by atoms with Crippen LogP contribution in [-0.4, -0.2) is 23.2 Å². The van der Waals surface area contributed by atoms with Gasteiger partial charge in [0.15, 0.2) is 16.9 Å². The smallest absolute Gasteiger partial charge is 0.341 e. The maximum absolute atomic E-state index is 13.7. The van der Waals surface area contributed by atoms with Gasteiger partial charge in [0, 0.05) is 23.4 Å². The van der Waals surface area contributed by atoms with Crippen LogP contribution in [0.1, 0.15) is 48.0 Å². The summed E-state index contributed by atoms with van der Waals surface area (Å²) in [5.41, 5.74) is 1.99. The maximum Gasteiger partial charge on any atom is 0.341 e. The van der Waals surface area contributed by atoms with Gasteiger partial charge in [-0.25, -0.2) is 9.18 Å². The number of aromatic carboxylic acids is 1. The molecule has 0 radical (unpaired) electrons. The number of methoxy groups -OCH3 is 1. The Kier molecular flexibility index (Phi) is 6.12. The number of nitrogens with one attached hydrogen (secondary N) is 1. The number of carboxylic acid groups (broad SMARTS) is 1. The number of ether oxygens (including phenoxy) is 2. The number of hydrogen-bond acceptors (Lipinski definition) is 4. The van der Waals surface area contributed by atoms with Crippen LogP contribution in [0.4, 0.5) is 4.39 Å². The van der Waals surface area contributed by atoms with Gasteiger partial charge in [-0.15, -0.1) is 0 Å². The van der Waals surface area contributed by atoms with E-state index in [0.717, 1.165) is 11.1 Å². The quantitative estimate of drug-likeness (QED) is 0.541. The summed E-state index contributed by atoms with van der Waals surface area (Å²) in [6.07, 6.45) is 0. The zero-order chi connectivity index (χ0) is 23.8. The van der Waals surface area contributed by atoms with Gasteiger partial charge in [0.05, 0.1) is 12.8 Å². The molecule has 168 valence electrons. The molecule has 0 atom stereocenters. The zero-order valence-corrected chi connectivity index (χ0v) is 18.9. The Hall–Kier alpha value is -3.61. The molecule has 0 bridgehead atoms. The van der Waals surface area contributed by atoms with E-state index in [2.05, 4.69) is 25.8 Å². The lowest BCUT2D eigenvalue weighted by Gasteiger charge is -2.24. The number of rotatable bonds is 5. The second kappa shape index (κ2) is 8.49. The third kappa shape index (κ3) is 4.51. The highest BCUT2D eigenvalue weighted by atomic mass is 19.1. The van der Waals surface area contributed by atoms with Crippen LogP contribution in [0.15, 0.2) is 41.2 Å². The van der Waals surface area contributed by atoms with Crippen molar-refractivity contribution in [1.82, 2.24) is 4.98 Å².